The maximum atomic E-state index is 13.9. The molecule has 6 saturated heterocycles. The largest absolute Gasteiger partial charge is 0.455 e. The van der Waals surface area contributed by atoms with Crippen molar-refractivity contribution in [2.24, 2.45) is 38.9 Å². The van der Waals surface area contributed by atoms with Crippen LogP contribution in [0.1, 0.15) is 113 Å². The summed E-state index contributed by atoms with van der Waals surface area (Å²) in [7, 11) is 0. The molecule has 11 rings (SSSR count). The van der Waals surface area contributed by atoms with Crippen LogP contribution >= 0.6 is 0 Å². The molecule has 0 radical (unpaired) electrons. The Kier molecular flexibility index (Phi) is 15.0. The van der Waals surface area contributed by atoms with E-state index in [1.165, 1.54) is 6.92 Å². The van der Waals surface area contributed by atoms with E-state index >= 15 is 0 Å². The van der Waals surface area contributed by atoms with Gasteiger partial charge in [-0.3, -0.25) is 4.79 Å². The third-order valence-electron chi connectivity index (χ3n) is 21.7. The highest BCUT2D eigenvalue weighted by Gasteiger charge is 2.75. The zero-order chi connectivity index (χ0) is 55.4. The predicted molar refractivity (Wildman–Crippen MR) is 256 cm³/mol. The van der Waals surface area contributed by atoms with Crippen LogP contribution < -0.4 is 0 Å². The molecule has 10 fully saturated rings. The lowest BCUT2D eigenvalue weighted by Crippen LogP contribution is -2.72. The molecule has 1 spiro atoms. The number of carbonyl (C=O) groups excluding carboxylic acids is 1. The molecule has 6 aliphatic heterocycles. The highest BCUT2D eigenvalue weighted by atomic mass is 16.8. The van der Waals surface area contributed by atoms with E-state index in [1.807, 2.05) is 6.92 Å². The summed E-state index contributed by atoms with van der Waals surface area (Å²) in [4.78, 5) is 13.9. The SMILES string of the molecule is C[C@@H]1O[C@@H](O[C@H]2[C@H](O[C@H]3CC[C@]4(C)[C@H]5[C@H](O)CC6=C7[C@@]8(CC[C@]6(C)[C@@]5(C)CC[C@H]4C3(C)C)CC[C@](C)(OC8=O)[C@]7(C)O)OC[C@@H](O)[C@H]2O[C@@H]2O[C@H](CO)[C@@H](O)[C@@H](O)[C@@H]2O[C@@H]2O[C@H](CO)[C@H](O)[C@H](O)[C@H]2O)[C@H](O)[C@@H](O)[C@@H]1O. The van der Waals surface area contributed by atoms with Gasteiger partial charge in [0.2, 0.25) is 0 Å². The van der Waals surface area contributed by atoms with E-state index < -0.39 is 187 Å². The smallest absolute Gasteiger partial charge is 0.316 e. The van der Waals surface area contributed by atoms with E-state index in [4.69, 9.17) is 42.6 Å². The molecule has 6 heterocycles. The average molecular weight is 1090 g/mol. The number of hydrogen-bond donors (Lipinski definition) is 13. The minimum absolute atomic E-state index is 0.0530. The number of aliphatic hydroxyl groups excluding tert-OH is 12. The van der Waals surface area contributed by atoms with Gasteiger partial charge in [-0.25, -0.2) is 0 Å². The Hall–Kier alpha value is -1.63. The minimum Gasteiger partial charge on any atom is -0.455 e. The molecule has 76 heavy (non-hydrogen) atoms. The van der Waals surface area contributed by atoms with Crippen molar-refractivity contribution in [1.29, 1.82) is 0 Å². The zero-order valence-corrected chi connectivity index (χ0v) is 44.7. The van der Waals surface area contributed by atoms with Crippen molar-refractivity contribution >= 4 is 5.97 Å². The van der Waals surface area contributed by atoms with Gasteiger partial charge in [0, 0.05) is 0 Å². The van der Waals surface area contributed by atoms with Crippen LogP contribution in [0, 0.1) is 38.9 Å². The first-order valence-electron chi connectivity index (χ1n) is 27.4. The molecule has 0 unspecified atom stereocenters. The molecular formula is C53H84O23. The Balaban J connectivity index is 0.946. The van der Waals surface area contributed by atoms with Gasteiger partial charge in [0.15, 0.2) is 25.2 Å². The minimum atomic E-state index is -1.97. The van der Waals surface area contributed by atoms with E-state index in [0.29, 0.717) is 44.9 Å². The molecule has 0 aromatic heterocycles. The quantitative estimate of drug-likeness (QED) is 0.0632. The summed E-state index contributed by atoms with van der Waals surface area (Å²) >= 11 is 0. The van der Waals surface area contributed by atoms with Gasteiger partial charge in [-0.2, -0.15) is 0 Å². The lowest BCUT2D eigenvalue weighted by Gasteiger charge is -2.73. The van der Waals surface area contributed by atoms with Gasteiger partial charge in [0.1, 0.15) is 96.7 Å². The third kappa shape index (κ3) is 8.33. The molecule has 2 bridgehead atoms. The first-order chi connectivity index (χ1) is 35.5. The molecule has 23 heteroatoms. The topological polar surface area (TPSA) is 363 Å². The Morgan fingerprint density at radius 1 is 0.579 bits per heavy atom. The number of hydrogen-bond acceptors (Lipinski definition) is 23. The number of carbonyl (C=O) groups is 1. The maximum absolute atomic E-state index is 13.9. The molecule has 29 atom stereocenters. The standard InChI is InChI=1S/C53H84O23/c1-21-29(58)32(61)35(64)42(69-21)75-39-37(73-45-38(34(63)31(60)26(19-55)71-45)74-43-36(65)33(62)30(59)25(18-54)70-43)24(57)20-68-44(39)72-28-10-11-48(4)27(47(28,2)3)9-12-50(6)41(48)23(56)17-22-40-52(8,67)51(7)14-16-53(40,46(66)76-51)15-13-49(22,50)5/h21,23-39,41-45,54-65,67H,9-20H2,1-8H3/t21-,23+,24+,25+,26+,27-,28-,29+,30-,31+,32-,33-,34+,35+,36+,37+,38-,39+,41+,42-,43-,44-,45-,48-,49-,50-,51-,52+,53+/m0/s1. The molecule has 0 aromatic carbocycles. The second kappa shape index (κ2) is 19.8. The number of fused-ring (bicyclic) bond motifs is 7. The number of esters is 1. The van der Waals surface area contributed by atoms with Crippen molar-refractivity contribution in [3.63, 3.8) is 0 Å². The molecule has 0 amide bonds. The lowest BCUT2D eigenvalue weighted by molar-refractivity contribution is -0.401. The molecule has 13 N–H and O–H groups in total. The molecule has 23 nitrogen and oxygen atoms in total. The average Bonchev–Trinajstić information content (AvgIpc) is 3.56. The van der Waals surface area contributed by atoms with Crippen molar-refractivity contribution in [3.8, 4) is 0 Å². The van der Waals surface area contributed by atoms with Crippen LogP contribution in [0.25, 0.3) is 0 Å². The van der Waals surface area contributed by atoms with Crippen molar-refractivity contribution in [1.82, 2.24) is 0 Å². The fourth-order valence-electron chi connectivity index (χ4n) is 16.9. The highest BCUT2D eigenvalue weighted by molar-refractivity contribution is 5.86. The summed E-state index contributed by atoms with van der Waals surface area (Å²) in [6.45, 7) is 13.9. The van der Waals surface area contributed by atoms with Crippen LogP contribution in [0.3, 0.4) is 0 Å². The summed E-state index contributed by atoms with van der Waals surface area (Å²) in [6.07, 6.45) is -28.4. The Morgan fingerprint density at radius 3 is 1.80 bits per heavy atom. The molecule has 434 valence electrons. The van der Waals surface area contributed by atoms with Crippen LogP contribution in [0.15, 0.2) is 11.1 Å². The summed E-state index contributed by atoms with van der Waals surface area (Å²) in [5, 5.41) is 144. The van der Waals surface area contributed by atoms with Crippen molar-refractivity contribution in [2.75, 3.05) is 19.8 Å². The van der Waals surface area contributed by atoms with Crippen molar-refractivity contribution < 1.29 is 114 Å². The van der Waals surface area contributed by atoms with Crippen LogP contribution in [-0.4, -0.2) is 232 Å². The van der Waals surface area contributed by atoms with Crippen molar-refractivity contribution in [2.45, 2.75) is 253 Å². The van der Waals surface area contributed by atoms with Gasteiger partial charge < -0.3 is 109 Å². The predicted octanol–water partition coefficient (Wildman–Crippen LogP) is -2.12. The fraction of sp³-hybridized carbons (Fsp3) is 0.943. The molecule has 5 aliphatic carbocycles. The van der Waals surface area contributed by atoms with Gasteiger partial charge in [-0.15, -0.1) is 0 Å². The number of rotatable bonds is 10. The van der Waals surface area contributed by atoms with Crippen LogP contribution in [0.2, 0.25) is 0 Å². The zero-order valence-electron chi connectivity index (χ0n) is 44.7. The Labute approximate surface area is 441 Å². The van der Waals surface area contributed by atoms with Gasteiger partial charge in [-0.05, 0) is 118 Å². The van der Waals surface area contributed by atoms with Gasteiger partial charge >= 0.3 is 5.97 Å². The van der Waals surface area contributed by atoms with E-state index in [-0.39, 0.29) is 17.8 Å². The van der Waals surface area contributed by atoms with Crippen LogP contribution in [0.4, 0.5) is 0 Å². The summed E-state index contributed by atoms with van der Waals surface area (Å²) < 4.78 is 55.5. The van der Waals surface area contributed by atoms with Gasteiger partial charge in [0.05, 0.1) is 43.5 Å². The van der Waals surface area contributed by atoms with Crippen LogP contribution in [-0.2, 0) is 47.4 Å². The maximum Gasteiger partial charge on any atom is 0.316 e. The van der Waals surface area contributed by atoms with Gasteiger partial charge in [0.25, 0.3) is 0 Å². The van der Waals surface area contributed by atoms with E-state index in [1.54, 1.807) is 6.92 Å². The fourth-order valence-corrected chi connectivity index (χ4v) is 16.9. The summed E-state index contributed by atoms with van der Waals surface area (Å²) in [5.41, 5.74) is -3.72. The molecule has 0 aromatic rings. The normalized spacial score (nSPS) is 57.0. The highest BCUT2D eigenvalue weighted by Crippen LogP contribution is 2.77. The first-order valence-corrected chi connectivity index (χ1v) is 27.4. The Bertz CT molecular complexity index is 2200. The third-order valence-corrected chi connectivity index (χ3v) is 21.7. The summed E-state index contributed by atoms with van der Waals surface area (Å²) in [5.74, 6) is -0.543. The van der Waals surface area contributed by atoms with E-state index in [2.05, 4.69) is 34.6 Å². The summed E-state index contributed by atoms with van der Waals surface area (Å²) in [6, 6.07) is 0. The van der Waals surface area contributed by atoms with Crippen LogP contribution in [0.5, 0.6) is 0 Å². The van der Waals surface area contributed by atoms with E-state index in [0.717, 1.165) is 24.0 Å². The van der Waals surface area contributed by atoms with E-state index in [9.17, 15) is 71.2 Å². The molecule has 11 aliphatic rings. The second-order valence-electron chi connectivity index (χ2n) is 25.9. The first kappa shape index (κ1) is 57.6. The number of ether oxygens (including phenoxy) is 9. The Morgan fingerprint density at radius 2 is 1.16 bits per heavy atom. The second-order valence-corrected chi connectivity index (χ2v) is 25.9. The molecular weight excluding hydrogens is 1000 g/mol. The number of aliphatic hydroxyl groups is 13. The molecule has 4 saturated carbocycles. The monoisotopic (exact) mass is 1090 g/mol. The van der Waals surface area contributed by atoms with Gasteiger partial charge in [-0.1, -0.05) is 40.2 Å². The lowest BCUT2D eigenvalue weighted by atomic mass is 9.33. The van der Waals surface area contributed by atoms with Crippen molar-refractivity contribution in [3.05, 3.63) is 11.1 Å².